The van der Waals surface area contributed by atoms with Crippen molar-refractivity contribution in [2.45, 2.75) is 26.7 Å². The van der Waals surface area contributed by atoms with Gasteiger partial charge in [-0.25, -0.2) is 4.98 Å². The van der Waals surface area contributed by atoms with Crippen molar-refractivity contribution in [3.63, 3.8) is 0 Å². The highest BCUT2D eigenvalue weighted by Crippen LogP contribution is 2.25. The maximum Gasteiger partial charge on any atom is 0.292 e. The van der Waals surface area contributed by atoms with Gasteiger partial charge in [-0.1, -0.05) is 31.1 Å². The number of nitrogens with one attached hydrogen (secondary N) is 2. The second-order valence-corrected chi connectivity index (χ2v) is 6.65. The molecule has 0 aliphatic heterocycles. The van der Waals surface area contributed by atoms with E-state index in [0.29, 0.717) is 34.6 Å². The van der Waals surface area contributed by atoms with Crippen LogP contribution in [-0.4, -0.2) is 34.1 Å². The van der Waals surface area contributed by atoms with Gasteiger partial charge in [-0.15, -0.1) is 0 Å². The molecule has 0 spiro atoms. The molecule has 0 bridgehead atoms. The molecule has 1 aromatic carbocycles. The highest BCUT2D eigenvalue weighted by molar-refractivity contribution is 6.06. The number of nitrogens with zero attached hydrogens (tertiary/aromatic N) is 3. The Balaban J connectivity index is 1.70. The van der Waals surface area contributed by atoms with Crippen molar-refractivity contribution in [3.05, 3.63) is 57.4 Å². The van der Waals surface area contributed by atoms with Crippen LogP contribution in [0.4, 0.5) is 11.4 Å². The third-order valence-corrected chi connectivity index (χ3v) is 4.30. The fraction of sp³-hybridized carbons (Fsp3) is 0.316. The zero-order valence-corrected chi connectivity index (χ0v) is 15.9. The summed E-state index contributed by atoms with van der Waals surface area (Å²) >= 11 is 0. The van der Waals surface area contributed by atoms with Crippen LogP contribution in [0.5, 0.6) is 0 Å². The van der Waals surface area contributed by atoms with Gasteiger partial charge in [0.1, 0.15) is 5.69 Å². The van der Waals surface area contributed by atoms with Crippen molar-refractivity contribution < 1.29 is 14.2 Å². The predicted molar refractivity (Wildman–Crippen MR) is 105 cm³/mol. The monoisotopic (exact) mass is 383 g/mol. The number of carbonyl (C=O) groups excluding carboxylic acids is 1. The number of nitro groups is 1. The van der Waals surface area contributed by atoms with Crippen LogP contribution in [0.2, 0.25) is 0 Å². The van der Waals surface area contributed by atoms with Gasteiger partial charge in [0.05, 0.1) is 21.6 Å². The Morgan fingerprint density at radius 3 is 2.75 bits per heavy atom. The van der Waals surface area contributed by atoms with Crippen LogP contribution in [0.15, 0.2) is 34.9 Å². The van der Waals surface area contributed by atoms with E-state index in [2.05, 4.69) is 20.8 Å². The molecule has 146 valence electrons. The Morgan fingerprint density at radius 2 is 2.04 bits per heavy atom. The van der Waals surface area contributed by atoms with Gasteiger partial charge in [-0.05, 0) is 25.0 Å². The van der Waals surface area contributed by atoms with Crippen LogP contribution >= 0.6 is 0 Å². The van der Waals surface area contributed by atoms with Crippen molar-refractivity contribution in [3.8, 4) is 0 Å². The molecular weight excluding hydrogens is 362 g/mol. The zero-order chi connectivity index (χ0) is 20.3. The Bertz CT molecular complexity index is 1030. The number of hydrogen-bond acceptors (Lipinski definition) is 7. The first kappa shape index (κ1) is 19.3. The average Bonchev–Trinajstić information content (AvgIpc) is 3.05. The van der Waals surface area contributed by atoms with E-state index < -0.39 is 4.92 Å². The molecule has 3 rings (SSSR count). The number of benzene rings is 1. The van der Waals surface area contributed by atoms with E-state index in [1.54, 1.807) is 31.2 Å². The van der Waals surface area contributed by atoms with Crippen molar-refractivity contribution in [2.75, 3.05) is 18.4 Å². The second kappa shape index (κ2) is 8.03. The molecule has 2 N–H and O–H groups in total. The standard InChI is InChI=1S/C19H21N5O4/c1-11(2)15-10-13(17-12(3)23-28-19(17)22-15)18(25)21-9-8-20-14-6-4-5-7-16(14)24(26)27/h4-7,10-11,20H,8-9H2,1-3H3,(H,21,25). The number of fused-ring (bicyclic) bond motifs is 1. The van der Waals surface area contributed by atoms with Gasteiger partial charge < -0.3 is 15.2 Å². The molecule has 0 radical (unpaired) electrons. The lowest BCUT2D eigenvalue weighted by atomic mass is 10.0. The summed E-state index contributed by atoms with van der Waals surface area (Å²) in [7, 11) is 0. The van der Waals surface area contributed by atoms with E-state index in [-0.39, 0.29) is 24.1 Å². The highest BCUT2D eigenvalue weighted by Gasteiger charge is 2.19. The van der Waals surface area contributed by atoms with Gasteiger partial charge >= 0.3 is 0 Å². The smallest absolute Gasteiger partial charge is 0.292 e. The van der Waals surface area contributed by atoms with Crippen LogP contribution < -0.4 is 10.6 Å². The minimum absolute atomic E-state index is 0.00802. The third kappa shape index (κ3) is 3.93. The number of anilines is 1. The number of hydrogen-bond donors (Lipinski definition) is 2. The molecule has 3 aromatic rings. The molecule has 28 heavy (non-hydrogen) atoms. The maximum absolute atomic E-state index is 12.7. The lowest BCUT2D eigenvalue weighted by molar-refractivity contribution is -0.384. The fourth-order valence-corrected chi connectivity index (χ4v) is 2.84. The second-order valence-electron chi connectivity index (χ2n) is 6.65. The summed E-state index contributed by atoms with van der Waals surface area (Å²) in [4.78, 5) is 27.7. The Morgan fingerprint density at radius 1 is 1.29 bits per heavy atom. The topological polar surface area (TPSA) is 123 Å². The molecule has 1 amide bonds. The molecule has 2 aromatic heterocycles. The quantitative estimate of drug-likeness (QED) is 0.364. The minimum atomic E-state index is -0.448. The minimum Gasteiger partial charge on any atom is -0.378 e. The van der Waals surface area contributed by atoms with Gasteiger partial charge in [-0.3, -0.25) is 14.9 Å². The molecule has 9 nitrogen and oxygen atoms in total. The molecule has 0 aliphatic carbocycles. The average molecular weight is 383 g/mol. The number of pyridine rings is 1. The van der Waals surface area contributed by atoms with Crippen molar-refractivity contribution in [1.82, 2.24) is 15.5 Å². The van der Waals surface area contributed by atoms with Gasteiger partial charge in [0.15, 0.2) is 0 Å². The number of amides is 1. The van der Waals surface area contributed by atoms with Gasteiger partial charge in [0.25, 0.3) is 17.3 Å². The summed E-state index contributed by atoms with van der Waals surface area (Å²) in [5.74, 6) is -0.147. The summed E-state index contributed by atoms with van der Waals surface area (Å²) in [6.07, 6.45) is 0. The highest BCUT2D eigenvalue weighted by atomic mass is 16.6. The number of nitro benzene ring substituents is 1. The number of rotatable bonds is 7. The van der Waals surface area contributed by atoms with Crippen LogP contribution in [0, 0.1) is 17.0 Å². The number of aromatic nitrogens is 2. The third-order valence-electron chi connectivity index (χ3n) is 4.30. The fourth-order valence-electron chi connectivity index (χ4n) is 2.84. The van der Waals surface area contributed by atoms with Gasteiger partial charge in [0, 0.05) is 24.8 Å². The number of aryl methyl sites for hydroxylation is 1. The lowest BCUT2D eigenvalue weighted by Gasteiger charge is -2.11. The molecule has 0 saturated carbocycles. The molecule has 0 fully saturated rings. The van der Waals surface area contributed by atoms with Gasteiger partial charge in [-0.2, -0.15) is 0 Å². The molecule has 0 saturated heterocycles. The Kier molecular flexibility index (Phi) is 5.53. The molecule has 0 aliphatic rings. The summed E-state index contributed by atoms with van der Waals surface area (Å²) in [6.45, 7) is 6.35. The number of para-hydroxylation sites is 2. The molecule has 0 atom stereocenters. The first-order valence-corrected chi connectivity index (χ1v) is 8.91. The molecule has 9 heteroatoms. The largest absolute Gasteiger partial charge is 0.378 e. The molecule has 2 heterocycles. The number of carbonyl (C=O) groups is 1. The summed E-state index contributed by atoms with van der Waals surface area (Å²) < 4.78 is 5.23. The van der Waals surface area contributed by atoms with Crippen LogP contribution in [0.1, 0.15) is 41.5 Å². The summed E-state index contributed by atoms with van der Waals surface area (Å²) in [5, 5.41) is 21.3. The van der Waals surface area contributed by atoms with Crippen LogP contribution in [0.3, 0.4) is 0 Å². The SMILES string of the molecule is Cc1noc2nc(C(C)C)cc(C(=O)NCCNc3ccccc3[N+](=O)[O-])c12. The molecule has 0 unspecified atom stereocenters. The predicted octanol–water partition coefficient (Wildman–Crippen LogP) is 3.40. The maximum atomic E-state index is 12.7. The Hall–Kier alpha value is -3.49. The van der Waals surface area contributed by atoms with Crippen molar-refractivity contribution in [1.29, 1.82) is 0 Å². The first-order valence-electron chi connectivity index (χ1n) is 8.91. The van der Waals surface area contributed by atoms with Crippen molar-refractivity contribution >= 4 is 28.4 Å². The van der Waals surface area contributed by atoms with E-state index >= 15 is 0 Å². The Labute approximate surface area is 161 Å². The molecular formula is C19H21N5O4. The van der Waals surface area contributed by atoms with E-state index in [9.17, 15) is 14.9 Å². The zero-order valence-electron chi connectivity index (χ0n) is 15.9. The van der Waals surface area contributed by atoms with E-state index in [0.717, 1.165) is 5.69 Å². The normalized spacial score (nSPS) is 11.0. The van der Waals surface area contributed by atoms with Crippen molar-refractivity contribution in [2.24, 2.45) is 0 Å². The lowest BCUT2D eigenvalue weighted by Crippen LogP contribution is -2.29. The van der Waals surface area contributed by atoms with Crippen LogP contribution in [0.25, 0.3) is 11.1 Å². The summed E-state index contributed by atoms with van der Waals surface area (Å²) in [5.41, 5.74) is 2.54. The van der Waals surface area contributed by atoms with E-state index in [1.165, 1.54) is 6.07 Å². The van der Waals surface area contributed by atoms with E-state index in [4.69, 9.17) is 4.52 Å². The summed E-state index contributed by atoms with van der Waals surface area (Å²) in [6, 6.07) is 8.12. The van der Waals surface area contributed by atoms with Gasteiger partial charge in [0.2, 0.25) is 0 Å². The van der Waals surface area contributed by atoms with Crippen LogP contribution in [-0.2, 0) is 0 Å². The first-order chi connectivity index (χ1) is 13.4. The van der Waals surface area contributed by atoms with E-state index in [1.807, 2.05) is 13.8 Å².